The van der Waals surface area contributed by atoms with Crippen molar-refractivity contribution in [3.8, 4) is 0 Å². The Hall–Kier alpha value is -3.99. The van der Waals surface area contributed by atoms with Gasteiger partial charge in [0.2, 0.25) is 0 Å². The molecule has 0 spiro atoms. The summed E-state index contributed by atoms with van der Waals surface area (Å²) in [6.45, 7) is 1.90. The molecule has 0 radical (unpaired) electrons. The molecule has 0 amide bonds. The first-order chi connectivity index (χ1) is 14.2. The van der Waals surface area contributed by atoms with Crippen LogP contribution in [0.25, 0.3) is 5.65 Å². The number of carboxylic acids is 1. The van der Waals surface area contributed by atoms with Crippen molar-refractivity contribution in [2.75, 3.05) is 20.0 Å². The summed E-state index contributed by atoms with van der Waals surface area (Å²) in [6.07, 6.45) is 1.28. The summed E-state index contributed by atoms with van der Waals surface area (Å²) < 4.78 is 10.2. The zero-order valence-corrected chi connectivity index (χ0v) is 16.5. The van der Waals surface area contributed by atoms with Crippen molar-refractivity contribution in [2.24, 2.45) is 5.73 Å². The van der Waals surface area contributed by atoms with E-state index < -0.39 is 11.9 Å². The van der Waals surface area contributed by atoms with Crippen molar-refractivity contribution in [1.29, 1.82) is 0 Å². The van der Waals surface area contributed by atoms with Gasteiger partial charge < -0.3 is 26.0 Å². The first-order valence-corrected chi connectivity index (χ1v) is 8.59. The highest BCUT2D eigenvalue weighted by atomic mass is 16.5. The van der Waals surface area contributed by atoms with E-state index in [1.54, 1.807) is 12.1 Å². The number of nitrogens with two attached hydrogens (primary N) is 2. The topological polar surface area (TPSA) is 172 Å². The van der Waals surface area contributed by atoms with Crippen LogP contribution in [0, 0.1) is 0 Å². The molecule has 0 saturated heterocycles. The Kier molecular flexibility index (Phi) is 7.04. The zero-order chi connectivity index (χ0) is 22.4. The van der Waals surface area contributed by atoms with Crippen molar-refractivity contribution < 1.29 is 29.0 Å². The number of esters is 2. The quantitative estimate of drug-likeness (QED) is 0.527. The lowest BCUT2D eigenvalue weighted by Crippen LogP contribution is -2.13. The molecule has 11 nitrogen and oxygen atoms in total. The van der Waals surface area contributed by atoms with Crippen molar-refractivity contribution in [3.63, 3.8) is 0 Å². The van der Waals surface area contributed by atoms with Gasteiger partial charge in [-0.2, -0.15) is 5.10 Å². The van der Waals surface area contributed by atoms with Crippen LogP contribution in [0.5, 0.6) is 0 Å². The molecule has 3 aromatic rings. The van der Waals surface area contributed by atoms with Crippen LogP contribution in [-0.2, 0) is 9.47 Å². The van der Waals surface area contributed by atoms with E-state index in [9.17, 15) is 14.4 Å². The molecule has 0 unspecified atom stereocenters. The smallest absolute Gasteiger partial charge is 0.356 e. The molecule has 2 heterocycles. The summed E-state index contributed by atoms with van der Waals surface area (Å²) in [5.41, 5.74) is 12.7. The minimum absolute atomic E-state index is 0.00769. The molecule has 0 fully saturated rings. The number of methoxy groups -OCH3 is 2. The van der Waals surface area contributed by atoms with Gasteiger partial charge in [0.25, 0.3) is 0 Å². The lowest BCUT2D eigenvalue weighted by Gasteiger charge is -2.05. The number of hydrogen-bond acceptors (Lipinski definition) is 9. The summed E-state index contributed by atoms with van der Waals surface area (Å²) in [6, 6.07) is 8.16. The molecule has 3 rings (SSSR count). The first-order valence-electron chi connectivity index (χ1n) is 8.59. The third kappa shape index (κ3) is 4.89. The van der Waals surface area contributed by atoms with Gasteiger partial charge in [-0.1, -0.05) is 12.1 Å². The number of ether oxygens (including phenoxy) is 2. The van der Waals surface area contributed by atoms with E-state index in [-0.39, 0.29) is 34.7 Å². The van der Waals surface area contributed by atoms with E-state index in [2.05, 4.69) is 19.6 Å². The van der Waals surface area contributed by atoms with Crippen LogP contribution in [0.4, 0.5) is 5.69 Å². The molecule has 0 aliphatic rings. The van der Waals surface area contributed by atoms with Crippen molar-refractivity contribution >= 4 is 29.2 Å². The maximum Gasteiger partial charge on any atom is 0.356 e. The zero-order valence-electron chi connectivity index (χ0n) is 16.5. The second kappa shape index (κ2) is 9.47. The number of benzene rings is 1. The number of hydrogen-bond donors (Lipinski definition) is 3. The van der Waals surface area contributed by atoms with E-state index in [1.807, 2.05) is 19.1 Å². The Balaban J connectivity index is 0.000000222. The van der Waals surface area contributed by atoms with Gasteiger partial charge in [0.15, 0.2) is 17.0 Å². The predicted molar refractivity (Wildman–Crippen MR) is 106 cm³/mol. The van der Waals surface area contributed by atoms with Crippen LogP contribution >= 0.6 is 0 Å². The number of nitrogen functional groups attached to an aromatic ring is 1. The highest BCUT2D eigenvalue weighted by molar-refractivity contribution is 5.93. The van der Waals surface area contributed by atoms with Gasteiger partial charge >= 0.3 is 17.9 Å². The lowest BCUT2D eigenvalue weighted by atomic mass is 10.1. The monoisotopic (exact) mass is 415 g/mol. The van der Waals surface area contributed by atoms with Crippen LogP contribution in [0.15, 0.2) is 36.5 Å². The molecule has 1 atom stereocenters. The van der Waals surface area contributed by atoms with Gasteiger partial charge in [-0.15, -0.1) is 0 Å². The second-order valence-electron chi connectivity index (χ2n) is 6.06. The molecule has 5 N–H and O–H groups in total. The van der Waals surface area contributed by atoms with Gasteiger partial charge in [0.05, 0.1) is 31.7 Å². The second-order valence-corrected chi connectivity index (χ2v) is 6.06. The highest BCUT2D eigenvalue weighted by Gasteiger charge is 2.18. The lowest BCUT2D eigenvalue weighted by molar-refractivity contribution is 0.0585. The molecule has 11 heteroatoms. The third-order valence-electron chi connectivity index (χ3n) is 3.97. The normalized spacial score (nSPS) is 11.2. The van der Waals surface area contributed by atoms with Gasteiger partial charge in [0, 0.05) is 12.1 Å². The van der Waals surface area contributed by atoms with E-state index in [0.29, 0.717) is 5.56 Å². The molecule has 0 aliphatic carbocycles. The number of carboxylic acid groups (broad SMARTS) is 1. The summed E-state index contributed by atoms with van der Waals surface area (Å²) in [5, 5.41) is 12.7. The SMILES string of the molecule is COC(=O)c1cc(C(=O)O)nc2c(N)cnn12.COC(=O)c1ccc([C@@H](C)N)cc1. The highest BCUT2D eigenvalue weighted by Crippen LogP contribution is 2.15. The van der Waals surface area contributed by atoms with E-state index >= 15 is 0 Å². The number of carbonyl (C=O) groups excluding carboxylic acids is 2. The van der Waals surface area contributed by atoms with Gasteiger partial charge in [-0.05, 0) is 24.6 Å². The van der Waals surface area contributed by atoms with E-state index in [4.69, 9.17) is 16.6 Å². The van der Waals surface area contributed by atoms with Crippen molar-refractivity contribution in [1.82, 2.24) is 14.6 Å². The molecule has 0 aliphatic heterocycles. The number of anilines is 1. The standard InChI is InChI=1S/C10H13NO2.C9H8N4O4/c1-7(11)8-3-5-9(6-4-8)10(12)13-2;1-17-9(16)6-2-5(8(14)15)12-7-4(10)3-11-13(6)7/h3-7H,11H2,1-2H3;2-3H,10H2,1H3,(H,14,15)/t7-;/m1./s1. The summed E-state index contributed by atoms with van der Waals surface area (Å²) in [7, 11) is 2.55. The maximum absolute atomic E-state index is 11.5. The van der Waals surface area contributed by atoms with Gasteiger partial charge in [-0.25, -0.2) is 23.9 Å². The number of aromatic carboxylic acids is 1. The fourth-order valence-corrected chi connectivity index (χ4v) is 2.38. The van der Waals surface area contributed by atoms with Crippen LogP contribution in [0.3, 0.4) is 0 Å². The summed E-state index contributed by atoms with van der Waals surface area (Å²) in [5.74, 6) is -2.31. The van der Waals surface area contributed by atoms with Crippen LogP contribution in [-0.4, -0.2) is 51.8 Å². The van der Waals surface area contributed by atoms with E-state index in [1.165, 1.54) is 20.4 Å². The van der Waals surface area contributed by atoms with Gasteiger partial charge in [-0.3, -0.25) is 0 Å². The number of rotatable bonds is 4. The average molecular weight is 415 g/mol. The van der Waals surface area contributed by atoms with Gasteiger partial charge in [0.1, 0.15) is 0 Å². The number of fused-ring (bicyclic) bond motifs is 1. The third-order valence-corrected chi connectivity index (χ3v) is 3.97. The first kappa shape index (κ1) is 22.3. The molecule has 0 saturated carbocycles. The van der Waals surface area contributed by atoms with E-state index in [0.717, 1.165) is 16.1 Å². The summed E-state index contributed by atoms with van der Waals surface area (Å²) >= 11 is 0. The molecular formula is C19H21N5O6. The van der Waals surface area contributed by atoms with Crippen molar-refractivity contribution in [2.45, 2.75) is 13.0 Å². The Morgan fingerprint density at radius 1 is 1.10 bits per heavy atom. The molecule has 30 heavy (non-hydrogen) atoms. The predicted octanol–water partition coefficient (Wildman–Crippen LogP) is 1.29. The average Bonchev–Trinajstić information content (AvgIpc) is 3.13. The maximum atomic E-state index is 11.5. The van der Waals surface area contributed by atoms with Crippen LogP contribution < -0.4 is 11.5 Å². The Morgan fingerprint density at radius 2 is 1.70 bits per heavy atom. The molecule has 1 aromatic carbocycles. The molecular weight excluding hydrogens is 394 g/mol. The Labute approximate surface area is 171 Å². The number of carbonyl (C=O) groups is 3. The Morgan fingerprint density at radius 3 is 2.20 bits per heavy atom. The molecule has 158 valence electrons. The number of nitrogens with zero attached hydrogens (tertiary/aromatic N) is 3. The number of aromatic nitrogens is 3. The minimum atomic E-state index is -1.27. The Bertz CT molecular complexity index is 1070. The van der Waals surface area contributed by atoms with Crippen LogP contribution in [0.1, 0.15) is 49.9 Å². The largest absolute Gasteiger partial charge is 0.477 e. The summed E-state index contributed by atoms with van der Waals surface area (Å²) in [4.78, 5) is 37.1. The minimum Gasteiger partial charge on any atom is -0.477 e. The molecule has 0 bridgehead atoms. The fourth-order valence-electron chi connectivity index (χ4n) is 2.38. The fraction of sp³-hybridized carbons (Fsp3) is 0.211. The van der Waals surface area contributed by atoms with Crippen molar-refractivity contribution in [3.05, 3.63) is 59.0 Å². The molecule has 2 aromatic heterocycles. The van der Waals surface area contributed by atoms with Crippen LogP contribution in [0.2, 0.25) is 0 Å².